The number of carbonyl (C=O) groups excluding carboxylic acids is 1. The van der Waals surface area contributed by atoms with Gasteiger partial charge in [-0.15, -0.1) is 0 Å². The molecule has 1 rings (SSSR count). The first kappa shape index (κ1) is 11.5. The zero-order valence-electron chi connectivity index (χ0n) is 9.25. The maximum Gasteiger partial charge on any atom is 0.223 e. The van der Waals surface area contributed by atoms with Crippen molar-refractivity contribution in [3.8, 4) is 0 Å². The minimum absolute atomic E-state index is 0.232. The largest absolute Gasteiger partial charge is 0.356 e. The van der Waals surface area contributed by atoms with Gasteiger partial charge in [-0.05, 0) is 31.2 Å². The molecule has 3 N–H and O–H groups in total. The van der Waals surface area contributed by atoms with E-state index in [2.05, 4.69) is 19.2 Å². The van der Waals surface area contributed by atoms with E-state index in [1.165, 1.54) is 12.8 Å². The predicted octanol–water partition coefficient (Wildman–Crippen LogP) is 1.13. The fourth-order valence-corrected chi connectivity index (χ4v) is 2.02. The lowest BCUT2D eigenvalue weighted by molar-refractivity contribution is -0.126. The molecule has 0 radical (unpaired) electrons. The molecule has 0 bridgehead atoms. The molecule has 0 aromatic rings. The number of rotatable bonds is 4. The van der Waals surface area contributed by atoms with Gasteiger partial charge in [0, 0.05) is 12.5 Å². The van der Waals surface area contributed by atoms with Gasteiger partial charge >= 0.3 is 0 Å². The maximum atomic E-state index is 11.7. The van der Waals surface area contributed by atoms with Crippen LogP contribution in [0.3, 0.4) is 0 Å². The van der Waals surface area contributed by atoms with E-state index in [0.717, 1.165) is 13.0 Å². The molecule has 0 saturated heterocycles. The SMILES string of the molecule is CC(CN)CNC(=O)C1CCCC1C. The topological polar surface area (TPSA) is 55.1 Å². The van der Waals surface area contributed by atoms with Crippen LogP contribution in [0.25, 0.3) is 0 Å². The first-order valence-electron chi connectivity index (χ1n) is 5.63. The monoisotopic (exact) mass is 198 g/mol. The fourth-order valence-electron chi connectivity index (χ4n) is 2.02. The predicted molar refractivity (Wildman–Crippen MR) is 57.7 cm³/mol. The third kappa shape index (κ3) is 2.98. The van der Waals surface area contributed by atoms with Crippen molar-refractivity contribution >= 4 is 5.91 Å². The lowest BCUT2D eigenvalue weighted by Crippen LogP contribution is -2.36. The summed E-state index contributed by atoms with van der Waals surface area (Å²) in [4.78, 5) is 11.7. The normalized spacial score (nSPS) is 28.8. The standard InChI is InChI=1S/C11H22N2O/c1-8(6-12)7-13-11(14)10-5-3-4-9(10)2/h8-10H,3-7,12H2,1-2H3,(H,13,14). The smallest absolute Gasteiger partial charge is 0.223 e. The molecule has 0 heterocycles. The van der Waals surface area contributed by atoms with Crippen LogP contribution in [-0.2, 0) is 4.79 Å². The Morgan fingerprint density at radius 1 is 1.57 bits per heavy atom. The number of carbonyl (C=O) groups is 1. The summed E-state index contributed by atoms with van der Waals surface area (Å²) in [6.45, 7) is 5.58. The Hall–Kier alpha value is -0.570. The van der Waals surface area contributed by atoms with Gasteiger partial charge in [-0.1, -0.05) is 20.3 Å². The zero-order valence-corrected chi connectivity index (χ0v) is 9.25. The van der Waals surface area contributed by atoms with E-state index in [1.807, 2.05) is 0 Å². The Balaban J connectivity index is 2.27. The van der Waals surface area contributed by atoms with Gasteiger partial charge in [-0.3, -0.25) is 4.79 Å². The van der Waals surface area contributed by atoms with Crippen LogP contribution < -0.4 is 11.1 Å². The van der Waals surface area contributed by atoms with Gasteiger partial charge in [0.05, 0.1) is 0 Å². The van der Waals surface area contributed by atoms with Gasteiger partial charge in [0.15, 0.2) is 0 Å². The van der Waals surface area contributed by atoms with Gasteiger partial charge in [-0.2, -0.15) is 0 Å². The summed E-state index contributed by atoms with van der Waals surface area (Å²) >= 11 is 0. The van der Waals surface area contributed by atoms with Gasteiger partial charge in [0.1, 0.15) is 0 Å². The summed E-state index contributed by atoms with van der Waals surface area (Å²) in [6.07, 6.45) is 3.46. The van der Waals surface area contributed by atoms with Gasteiger partial charge < -0.3 is 11.1 Å². The van der Waals surface area contributed by atoms with Crippen LogP contribution in [0.15, 0.2) is 0 Å². The van der Waals surface area contributed by atoms with Gasteiger partial charge in [0.2, 0.25) is 5.91 Å². The van der Waals surface area contributed by atoms with E-state index in [-0.39, 0.29) is 11.8 Å². The number of nitrogens with two attached hydrogens (primary N) is 1. The molecule has 1 aliphatic carbocycles. The Labute approximate surface area is 86.4 Å². The second-order valence-electron chi connectivity index (χ2n) is 4.60. The molecule has 3 atom stereocenters. The second kappa shape index (κ2) is 5.35. The molecule has 82 valence electrons. The first-order valence-corrected chi connectivity index (χ1v) is 5.63. The molecule has 14 heavy (non-hydrogen) atoms. The number of hydrogen-bond donors (Lipinski definition) is 2. The van der Waals surface area contributed by atoms with E-state index in [0.29, 0.717) is 18.4 Å². The molecule has 0 spiro atoms. The highest BCUT2D eigenvalue weighted by atomic mass is 16.1. The highest BCUT2D eigenvalue weighted by molar-refractivity contribution is 5.79. The summed E-state index contributed by atoms with van der Waals surface area (Å²) in [6, 6.07) is 0. The van der Waals surface area contributed by atoms with Gasteiger partial charge in [0.25, 0.3) is 0 Å². The van der Waals surface area contributed by atoms with Crippen molar-refractivity contribution in [3.05, 3.63) is 0 Å². The van der Waals surface area contributed by atoms with Crippen molar-refractivity contribution in [2.45, 2.75) is 33.1 Å². The number of nitrogens with one attached hydrogen (secondary N) is 1. The Bertz CT molecular complexity index is 194. The Morgan fingerprint density at radius 2 is 2.29 bits per heavy atom. The van der Waals surface area contributed by atoms with Crippen LogP contribution in [0.2, 0.25) is 0 Å². The third-order valence-corrected chi connectivity index (χ3v) is 3.23. The van der Waals surface area contributed by atoms with E-state index < -0.39 is 0 Å². The molecule has 3 unspecified atom stereocenters. The van der Waals surface area contributed by atoms with Crippen LogP contribution in [0.4, 0.5) is 0 Å². The molecule has 3 nitrogen and oxygen atoms in total. The lowest BCUT2D eigenvalue weighted by Gasteiger charge is -2.16. The lowest BCUT2D eigenvalue weighted by atomic mass is 9.97. The minimum atomic E-state index is 0.232. The zero-order chi connectivity index (χ0) is 10.6. The summed E-state index contributed by atoms with van der Waals surface area (Å²) in [7, 11) is 0. The molecular weight excluding hydrogens is 176 g/mol. The summed E-state index contributed by atoms with van der Waals surface area (Å²) in [5.74, 6) is 1.43. The second-order valence-corrected chi connectivity index (χ2v) is 4.60. The highest BCUT2D eigenvalue weighted by Gasteiger charge is 2.29. The van der Waals surface area contributed by atoms with Crippen LogP contribution in [0, 0.1) is 17.8 Å². The quantitative estimate of drug-likeness (QED) is 0.711. The number of amides is 1. The van der Waals surface area contributed by atoms with Crippen molar-refractivity contribution in [2.75, 3.05) is 13.1 Å². The maximum absolute atomic E-state index is 11.7. The van der Waals surface area contributed by atoms with Crippen LogP contribution in [0.5, 0.6) is 0 Å². The summed E-state index contributed by atoms with van der Waals surface area (Å²) in [5, 5.41) is 2.99. The summed E-state index contributed by atoms with van der Waals surface area (Å²) in [5.41, 5.74) is 5.49. The molecule has 0 aromatic heterocycles. The average Bonchev–Trinajstić information content (AvgIpc) is 2.60. The summed E-state index contributed by atoms with van der Waals surface area (Å²) < 4.78 is 0. The molecular formula is C11H22N2O. The van der Waals surface area contributed by atoms with E-state index in [9.17, 15) is 4.79 Å². The van der Waals surface area contributed by atoms with Gasteiger partial charge in [-0.25, -0.2) is 0 Å². The average molecular weight is 198 g/mol. The van der Waals surface area contributed by atoms with E-state index in [1.54, 1.807) is 0 Å². The number of hydrogen-bond acceptors (Lipinski definition) is 2. The fraction of sp³-hybridized carbons (Fsp3) is 0.909. The van der Waals surface area contributed by atoms with Crippen LogP contribution in [-0.4, -0.2) is 19.0 Å². The van der Waals surface area contributed by atoms with E-state index >= 15 is 0 Å². The molecule has 1 saturated carbocycles. The van der Waals surface area contributed by atoms with Crippen molar-refractivity contribution < 1.29 is 4.79 Å². The first-order chi connectivity index (χ1) is 6.65. The van der Waals surface area contributed by atoms with Crippen LogP contribution >= 0.6 is 0 Å². The molecule has 3 heteroatoms. The van der Waals surface area contributed by atoms with Crippen molar-refractivity contribution in [1.29, 1.82) is 0 Å². The molecule has 1 fully saturated rings. The molecule has 0 aliphatic heterocycles. The van der Waals surface area contributed by atoms with E-state index in [4.69, 9.17) is 5.73 Å². The van der Waals surface area contributed by atoms with Crippen molar-refractivity contribution in [1.82, 2.24) is 5.32 Å². The molecule has 1 aliphatic rings. The van der Waals surface area contributed by atoms with Crippen LogP contribution in [0.1, 0.15) is 33.1 Å². The molecule has 1 amide bonds. The molecule has 0 aromatic carbocycles. The highest BCUT2D eigenvalue weighted by Crippen LogP contribution is 2.31. The third-order valence-electron chi connectivity index (χ3n) is 3.23. The Kier molecular flexibility index (Phi) is 4.39. The Morgan fingerprint density at radius 3 is 2.79 bits per heavy atom. The minimum Gasteiger partial charge on any atom is -0.356 e. The van der Waals surface area contributed by atoms with Crippen molar-refractivity contribution in [3.63, 3.8) is 0 Å². The van der Waals surface area contributed by atoms with Crippen molar-refractivity contribution in [2.24, 2.45) is 23.5 Å².